The predicted molar refractivity (Wildman–Crippen MR) is 125 cm³/mol. The van der Waals surface area contributed by atoms with Crippen molar-refractivity contribution in [2.45, 2.75) is 38.3 Å². The summed E-state index contributed by atoms with van der Waals surface area (Å²) >= 11 is 6.13. The number of carbonyl (C=O) groups excluding carboxylic acids is 2. The molecule has 3 aliphatic rings. The Bertz CT molecular complexity index is 1120. The van der Waals surface area contributed by atoms with Crippen molar-refractivity contribution in [3.8, 4) is 0 Å². The van der Waals surface area contributed by atoms with Crippen LogP contribution in [0.1, 0.15) is 19.7 Å². The summed E-state index contributed by atoms with van der Waals surface area (Å²) in [4.78, 5) is 37.1. The summed E-state index contributed by atoms with van der Waals surface area (Å²) in [5.74, 6) is -0.204. The number of nitrogens with zero attached hydrogens (tertiary/aromatic N) is 4. The molecule has 3 N–H and O–H groups in total. The van der Waals surface area contributed by atoms with Crippen LogP contribution in [0.25, 0.3) is 5.57 Å². The van der Waals surface area contributed by atoms with Gasteiger partial charge in [0, 0.05) is 42.8 Å². The summed E-state index contributed by atoms with van der Waals surface area (Å²) in [5.41, 5.74) is 1.50. The maximum absolute atomic E-state index is 12.8. The zero-order valence-electron chi connectivity index (χ0n) is 19.5. The van der Waals surface area contributed by atoms with Crippen molar-refractivity contribution in [3.05, 3.63) is 47.2 Å². The van der Waals surface area contributed by atoms with Crippen LogP contribution in [0.5, 0.6) is 0 Å². The SMILES string of the molecule is CC(C)OC(=O)N1CCN(c2ccnc(C3=CNC4NC=C(Cl)C=C34)n2)[C@H](C(=O)NCC(F)(F)F)C1. The molecular weight excluding hydrogens is 503 g/mol. The molecule has 0 radical (unpaired) electrons. The fourth-order valence-corrected chi connectivity index (χ4v) is 4.19. The first-order chi connectivity index (χ1) is 17.0. The van der Waals surface area contributed by atoms with Gasteiger partial charge >= 0.3 is 12.3 Å². The first-order valence-corrected chi connectivity index (χ1v) is 11.6. The van der Waals surface area contributed by atoms with Crippen molar-refractivity contribution >= 4 is 35.0 Å². The molecule has 1 fully saturated rings. The number of fused-ring (bicyclic) bond motifs is 1. The zero-order chi connectivity index (χ0) is 26.0. The van der Waals surface area contributed by atoms with Gasteiger partial charge in [-0.25, -0.2) is 14.8 Å². The van der Waals surface area contributed by atoms with Gasteiger partial charge in [-0.05, 0) is 26.0 Å². The number of carbonyl (C=O) groups is 2. The summed E-state index contributed by atoms with van der Waals surface area (Å²) in [7, 11) is 0. The second-order valence-electron chi connectivity index (χ2n) is 8.61. The number of alkyl halides is 3. The number of nitrogens with one attached hydrogen (secondary N) is 3. The van der Waals surface area contributed by atoms with Gasteiger partial charge in [-0.2, -0.15) is 13.2 Å². The van der Waals surface area contributed by atoms with Gasteiger partial charge in [0.25, 0.3) is 0 Å². The van der Waals surface area contributed by atoms with Crippen LogP contribution < -0.4 is 20.9 Å². The molecule has 2 atom stereocenters. The topological polar surface area (TPSA) is 112 Å². The molecule has 0 aliphatic carbocycles. The minimum absolute atomic E-state index is 0.145. The number of hydrogen-bond donors (Lipinski definition) is 3. The largest absolute Gasteiger partial charge is 0.447 e. The normalized spacial score (nSPS) is 21.6. The van der Waals surface area contributed by atoms with Gasteiger partial charge in [0.15, 0.2) is 5.82 Å². The van der Waals surface area contributed by atoms with Gasteiger partial charge in [0.1, 0.15) is 24.6 Å². The number of hydrogen-bond acceptors (Lipinski definition) is 8. The number of piperazine rings is 1. The smallest absolute Gasteiger partial charge is 0.410 e. The first kappa shape index (κ1) is 25.6. The van der Waals surface area contributed by atoms with Crippen molar-refractivity contribution in [1.29, 1.82) is 0 Å². The van der Waals surface area contributed by atoms with Gasteiger partial charge in [0.05, 0.1) is 17.7 Å². The molecule has 4 rings (SSSR count). The van der Waals surface area contributed by atoms with Crippen LogP contribution >= 0.6 is 11.6 Å². The van der Waals surface area contributed by atoms with E-state index in [1.165, 1.54) is 11.1 Å². The van der Waals surface area contributed by atoms with E-state index in [1.54, 1.807) is 43.3 Å². The number of halogens is 4. The van der Waals surface area contributed by atoms with E-state index >= 15 is 0 Å². The lowest BCUT2D eigenvalue weighted by atomic mass is 10.0. The highest BCUT2D eigenvalue weighted by Crippen LogP contribution is 2.31. The molecule has 1 unspecified atom stereocenters. The van der Waals surface area contributed by atoms with Gasteiger partial charge in [-0.1, -0.05) is 11.6 Å². The quantitative estimate of drug-likeness (QED) is 0.534. The highest BCUT2D eigenvalue weighted by molar-refractivity contribution is 6.31. The highest BCUT2D eigenvalue weighted by atomic mass is 35.5. The van der Waals surface area contributed by atoms with Crippen molar-refractivity contribution < 1.29 is 27.5 Å². The maximum Gasteiger partial charge on any atom is 0.410 e. The van der Waals surface area contributed by atoms with E-state index < -0.39 is 30.8 Å². The fraction of sp³-hybridized carbons (Fsp3) is 0.455. The average molecular weight is 528 g/mol. The van der Waals surface area contributed by atoms with Crippen LogP contribution in [0.4, 0.5) is 23.8 Å². The molecule has 36 heavy (non-hydrogen) atoms. The number of amides is 2. The summed E-state index contributed by atoms with van der Waals surface area (Å²) in [6, 6.07) is 0.441. The second-order valence-corrected chi connectivity index (χ2v) is 9.05. The lowest BCUT2D eigenvalue weighted by Gasteiger charge is -2.40. The molecule has 3 aliphatic heterocycles. The van der Waals surface area contributed by atoms with Gasteiger partial charge in [-0.3, -0.25) is 4.79 Å². The minimum Gasteiger partial charge on any atom is -0.447 e. The number of aromatic nitrogens is 2. The van der Waals surface area contributed by atoms with Crippen molar-refractivity contribution in [1.82, 2.24) is 30.8 Å². The molecule has 194 valence electrons. The Morgan fingerprint density at radius 2 is 2.03 bits per heavy atom. The van der Waals surface area contributed by atoms with E-state index in [0.29, 0.717) is 22.2 Å². The van der Waals surface area contributed by atoms with Crippen LogP contribution in [-0.2, 0) is 9.53 Å². The Kier molecular flexibility index (Phi) is 7.29. The van der Waals surface area contributed by atoms with Crippen LogP contribution in [0.3, 0.4) is 0 Å². The number of dihydropyridines is 1. The maximum atomic E-state index is 12.8. The molecular formula is C22H25ClF3N7O3. The molecule has 1 aromatic heterocycles. The van der Waals surface area contributed by atoms with Crippen molar-refractivity contribution in [3.63, 3.8) is 0 Å². The van der Waals surface area contributed by atoms with E-state index in [-0.39, 0.29) is 31.9 Å². The second kappa shape index (κ2) is 10.2. The lowest BCUT2D eigenvalue weighted by Crippen LogP contribution is -2.61. The van der Waals surface area contributed by atoms with Crippen LogP contribution in [0.15, 0.2) is 41.3 Å². The van der Waals surface area contributed by atoms with Gasteiger partial charge in [0.2, 0.25) is 5.91 Å². The zero-order valence-corrected chi connectivity index (χ0v) is 20.2. The Labute approximate surface area is 210 Å². The number of rotatable bonds is 5. The standard InChI is InChI=1S/C22H25ClF3N7O3/c1-12(2)36-21(35)32-5-6-33(16(10-32)20(34)30-11-22(24,25)26)17-3-4-27-19(31-17)15-9-29-18-14(15)7-13(23)8-28-18/h3-4,7-9,12,16,18,28-29H,5-6,10-11H2,1-2H3,(H,30,34)/t16-,18?/m0/s1. The molecule has 0 spiro atoms. The van der Waals surface area contributed by atoms with Crippen LogP contribution in [0.2, 0.25) is 0 Å². The van der Waals surface area contributed by atoms with E-state index in [4.69, 9.17) is 16.3 Å². The summed E-state index contributed by atoms with van der Waals surface area (Å²) < 4.78 is 43.5. The van der Waals surface area contributed by atoms with E-state index in [2.05, 4.69) is 20.6 Å². The third-order valence-electron chi connectivity index (χ3n) is 5.61. The third kappa shape index (κ3) is 5.83. The molecule has 0 saturated carbocycles. The molecule has 2 amide bonds. The third-order valence-corrected chi connectivity index (χ3v) is 5.83. The van der Waals surface area contributed by atoms with Gasteiger partial charge < -0.3 is 30.5 Å². The van der Waals surface area contributed by atoms with Gasteiger partial charge in [-0.15, -0.1) is 0 Å². The van der Waals surface area contributed by atoms with Crippen LogP contribution in [-0.4, -0.2) is 77.5 Å². The number of anilines is 1. The molecule has 4 heterocycles. The molecule has 0 bridgehead atoms. The Hall–Kier alpha value is -3.48. The molecule has 0 aromatic carbocycles. The fourth-order valence-electron chi connectivity index (χ4n) is 4.01. The molecule has 14 heteroatoms. The molecule has 1 saturated heterocycles. The first-order valence-electron chi connectivity index (χ1n) is 11.2. The van der Waals surface area contributed by atoms with Crippen molar-refractivity contribution in [2.24, 2.45) is 0 Å². The average Bonchev–Trinajstić information content (AvgIpc) is 3.24. The van der Waals surface area contributed by atoms with Crippen LogP contribution in [0, 0.1) is 0 Å². The molecule has 1 aromatic rings. The summed E-state index contributed by atoms with van der Waals surface area (Å²) in [5, 5.41) is 8.67. The Balaban J connectivity index is 1.59. The summed E-state index contributed by atoms with van der Waals surface area (Å²) in [6.07, 6.45) is 0.860. The van der Waals surface area contributed by atoms with E-state index in [1.807, 2.05) is 5.32 Å². The van der Waals surface area contributed by atoms with E-state index in [9.17, 15) is 22.8 Å². The Morgan fingerprint density at radius 1 is 1.28 bits per heavy atom. The monoisotopic (exact) mass is 527 g/mol. The predicted octanol–water partition coefficient (Wildman–Crippen LogP) is 2.07. The summed E-state index contributed by atoms with van der Waals surface area (Å²) in [6.45, 7) is 2.04. The lowest BCUT2D eigenvalue weighted by molar-refractivity contribution is -0.139. The minimum atomic E-state index is -4.58. The number of allylic oxidation sites excluding steroid dienone is 2. The van der Waals surface area contributed by atoms with Crippen molar-refractivity contribution in [2.75, 3.05) is 31.1 Å². The van der Waals surface area contributed by atoms with E-state index in [0.717, 1.165) is 5.57 Å². The Morgan fingerprint density at radius 3 is 2.75 bits per heavy atom. The highest BCUT2D eigenvalue weighted by Gasteiger charge is 2.38. The number of ether oxygens (including phenoxy) is 1. The molecule has 10 nitrogen and oxygen atoms in total.